The molecule has 1 aromatic carbocycles. The Hall–Kier alpha value is -1.67. The minimum Gasteiger partial charge on any atom is -0.362 e. The van der Waals surface area contributed by atoms with E-state index in [1.165, 1.54) is 0 Å². The molecule has 0 saturated heterocycles. The van der Waals surface area contributed by atoms with E-state index in [-0.39, 0.29) is 11.4 Å². The molecular formula is C6H5NO6S. The van der Waals surface area contributed by atoms with Crippen LogP contribution in [0.3, 0.4) is 0 Å². The van der Waals surface area contributed by atoms with Crippen LogP contribution in [0.2, 0.25) is 0 Å². The Morgan fingerprint density at radius 1 is 1.29 bits per heavy atom. The van der Waals surface area contributed by atoms with Gasteiger partial charge in [-0.15, -0.1) is 0 Å². The Labute approximate surface area is 79.0 Å². The van der Waals surface area contributed by atoms with Gasteiger partial charge in [-0.3, -0.25) is 14.7 Å². The Balaban J connectivity index is 2.90. The number of hydrogen-bond donors (Lipinski definition) is 1. The van der Waals surface area contributed by atoms with Crippen molar-refractivity contribution in [1.29, 1.82) is 0 Å². The van der Waals surface area contributed by atoms with E-state index >= 15 is 0 Å². The van der Waals surface area contributed by atoms with E-state index in [2.05, 4.69) is 4.18 Å². The van der Waals surface area contributed by atoms with Gasteiger partial charge in [0.1, 0.15) is 5.75 Å². The Morgan fingerprint density at radius 2 is 1.79 bits per heavy atom. The van der Waals surface area contributed by atoms with Crippen LogP contribution in [0.5, 0.6) is 5.75 Å². The number of hydrogen-bond acceptors (Lipinski definition) is 5. The molecule has 0 aliphatic carbocycles. The van der Waals surface area contributed by atoms with Crippen molar-refractivity contribution in [2.24, 2.45) is 0 Å². The highest BCUT2D eigenvalue weighted by atomic mass is 32.3. The summed E-state index contributed by atoms with van der Waals surface area (Å²) in [6.45, 7) is 0. The highest BCUT2D eigenvalue weighted by Crippen LogP contribution is 2.18. The first-order valence-corrected chi connectivity index (χ1v) is 4.66. The van der Waals surface area contributed by atoms with E-state index in [9.17, 15) is 18.5 Å². The van der Waals surface area contributed by atoms with Gasteiger partial charge >= 0.3 is 10.4 Å². The predicted molar refractivity (Wildman–Crippen MR) is 45.3 cm³/mol. The molecule has 0 unspecified atom stereocenters. The molecule has 1 rings (SSSR count). The average Bonchev–Trinajstić information content (AvgIpc) is 2.02. The van der Waals surface area contributed by atoms with Crippen LogP contribution in [0.4, 0.5) is 5.69 Å². The van der Waals surface area contributed by atoms with Crippen LogP contribution in [-0.4, -0.2) is 17.9 Å². The molecular weight excluding hydrogens is 214 g/mol. The second-order valence-electron chi connectivity index (χ2n) is 2.26. The van der Waals surface area contributed by atoms with Crippen molar-refractivity contribution >= 4 is 16.1 Å². The van der Waals surface area contributed by atoms with Gasteiger partial charge in [0.15, 0.2) is 0 Å². The summed E-state index contributed by atoms with van der Waals surface area (Å²) < 4.78 is 32.7. The van der Waals surface area contributed by atoms with Crippen molar-refractivity contribution in [2.45, 2.75) is 0 Å². The average molecular weight is 219 g/mol. The normalized spacial score (nSPS) is 10.9. The molecule has 0 aliphatic rings. The van der Waals surface area contributed by atoms with Gasteiger partial charge in [0.05, 0.1) is 4.92 Å². The maximum absolute atomic E-state index is 10.2. The fourth-order valence-corrected chi connectivity index (χ4v) is 1.10. The number of nitro groups is 1. The molecule has 0 amide bonds. The smallest absolute Gasteiger partial charge is 0.362 e. The number of nitrogens with zero attached hydrogens (tertiary/aromatic N) is 1. The molecule has 0 atom stereocenters. The summed E-state index contributed by atoms with van der Waals surface area (Å²) in [6.07, 6.45) is 0. The summed E-state index contributed by atoms with van der Waals surface area (Å²) in [6, 6.07) is 4.23. The summed E-state index contributed by atoms with van der Waals surface area (Å²) in [5, 5.41) is 10.2. The van der Waals surface area contributed by atoms with E-state index in [1.807, 2.05) is 0 Å². The molecule has 0 heterocycles. The highest BCUT2D eigenvalue weighted by molar-refractivity contribution is 7.81. The summed E-state index contributed by atoms with van der Waals surface area (Å²) in [7, 11) is -4.58. The van der Waals surface area contributed by atoms with Gasteiger partial charge in [-0.25, -0.2) is 0 Å². The van der Waals surface area contributed by atoms with Gasteiger partial charge in [-0.1, -0.05) is 0 Å². The summed E-state index contributed by atoms with van der Waals surface area (Å²) in [5.74, 6) is -0.196. The zero-order valence-corrected chi connectivity index (χ0v) is 7.47. The first-order valence-electron chi connectivity index (χ1n) is 3.30. The lowest BCUT2D eigenvalue weighted by molar-refractivity contribution is -0.384. The van der Waals surface area contributed by atoms with Crippen molar-refractivity contribution in [1.82, 2.24) is 0 Å². The van der Waals surface area contributed by atoms with Crippen LogP contribution in [0.1, 0.15) is 0 Å². The molecule has 0 radical (unpaired) electrons. The van der Waals surface area contributed by atoms with E-state index in [0.29, 0.717) is 0 Å². The third-order valence-corrected chi connectivity index (χ3v) is 1.65. The van der Waals surface area contributed by atoms with Gasteiger partial charge in [-0.05, 0) is 12.1 Å². The predicted octanol–water partition coefficient (Wildman–Crippen LogP) is 0.776. The molecule has 0 saturated carbocycles. The monoisotopic (exact) mass is 219 g/mol. The van der Waals surface area contributed by atoms with Crippen LogP contribution in [-0.2, 0) is 10.4 Å². The molecule has 7 nitrogen and oxygen atoms in total. The molecule has 76 valence electrons. The molecule has 0 spiro atoms. The second-order valence-corrected chi connectivity index (χ2v) is 3.28. The fraction of sp³-hybridized carbons (Fsp3) is 0. The molecule has 0 fully saturated rings. The minimum absolute atomic E-state index is 0.196. The summed E-state index contributed by atoms with van der Waals surface area (Å²) in [5.41, 5.74) is -0.201. The molecule has 8 heteroatoms. The maximum atomic E-state index is 10.2. The third-order valence-electron chi connectivity index (χ3n) is 1.25. The molecule has 1 N–H and O–H groups in total. The van der Waals surface area contributed by atoms with Crippen LogP contribution >= 0.6 is 0 Å². The standard InChI is InChI=1S/C6H5NO6S/c8-7(9)5-1-3-6(4-2-5)13-14(10,11)12/h1-4H,(H,10,11,12). The van der Waals surface area contributed by atoms with Crippen molar-refractivity contribution in [3.8, 4) is 5.75 Å². The molecule has 0 aliphatic heterocycles. The highest BCUT2D eigenvalue weighted by Gasteiger charge is 2.09. The minimum atomic E-state index is -4.58. The van der Waals surface area contributed by atoms with Gasteiger partial charge in [0, 0.05) is 12.1 Å². The van der Waals surface area contributed by atoms with Gasteiger partial charge in [0.2, 0.25) is 0 Å². The SMILES string of the molecule is O=[N+]([O-])c1ccc(OS(=O)(=O)O)cc1. The first-order chi connectivity index (χ1) is 6.38. The zero-order chi connectivity index (χ0) is 10.8. The zero-order valence-electron chi connectivity index (χ0n) is 6.65. The van der Waals surface area contributed by atoms with Crippen molar-refractivity contribution < 1.29 is 22.1 Å². The fourth-order valence-electron chi connectivity index (χ4n) is 0.745. The molecule has 14 heavy (non-hydrogen) atoms. The van der Waals surface area contributed by atoms with Crippen molar-refractivity contribution in [3.05, 3.63) is 34.4 Å². The number of rotatable bonds is 3. The summed E-state index contributed by atoms with van der Waals surface area (Å²) in [4.78, 5) is 9.55. The number of benzene rings is 1. The van der Waals surface area contributed by atoms with Crippen LogP contribution < -0.4 is 4.18 Å². The van der Waals surface area contributed by atoms with Gasteiger partial charge in [0.25, 0.3) is 5.69 Å². The molecule has 0 bridgehead atoms. The maximum Gasteiger partial charge on any atom is 0.446 e. The van der Waals surface area contributed by atoms with Crippen LogP contribution in [0.25, 0.3) is 0 Å². The van der Waals surface area contributed by atoms with Gasteiger partial charge < -0.3 is 4.18 Å². The Morgan fingerprint density at radius 3 is 2.14 bits per heavy atom. The molecule has 0 aromatic heterocycles. The van der Waals surface area contributed by atoms with E-state index < -0.39 is 15.3 Å². The Bertz CT molecular complexity index is 436. The third kappa shape index (κ3) is 2.99. The Kier molecular flexibility index (Phi) is 2.68. The van der Waals surface area contributed by atoms with E-state index in [4.69, 9.17) is 4.55 Å². The van der Waals surface area contributed by atoms with Crippen LogP contribution in [0.15, 0.2) is 24.3 Å². The van der Waals surface area contributed by atoms with Crippen LogP contribution in [0, 0.1) is 10.1 Å². The first kappa shape index (κ1) is 10.4. The topological polar surface area (TPSA) is 107 Å². The summed E-state index contributed by atoms with van der Waals surface area (Å²) >= 11 is 0. The van der Waals surface area contributed by atoms with Gasteiger partial charge in [-0.2, -0.15) is 8.42 Å². The lowest BCUT2D eigenvalue weighted by Crippen LogP contribution is -2.06. The largest absolute Gasteiger partial charge is 0.446 e. The lowest BCUT2D eigenvalue weighted by Gasteiger charge is -1.99. The number of non-ortho nitro benzene ring substituents is 1. The quantitative estimate of drug-likeness (QED) is 0.457. The molecule has 1 aromatic rings. The number of nitro benzene ring substituents is 1. The second kappa shape index (κ2) is 3.60. The van der Waals surface area contributed by atoms with Crippen molar-refractivity contribution in [3.63, 3.8) is 0 Å². The van der Waals surface area contributed by atoms with E-state index in [1.54, 1.807) is 0 Å². The van der Waals surface area contributed by atoms with Crippen molar-refractivity contribution in [2.75, 3.05) is 0 Å². The van der Waals surface area contributed by atoms with E-state index in [0.717, 1.165) is 24.3 Å². The lowest BCUT2D eigenvalue weighted by atomic mass is 10.3.